The second kappa shape index (κ2) is 6.89. The molecule has 106 valence electrons. The Balaban J connectivity index is 0.00000180. The Labute approximate surface area is 120 Å². The summed E-state index contributed by atoms with van der Waals surface area (Å²) >= 11 is 0. The number of carbonyl (C=O) groups excluding carboxylic acids is 1. The van der Waals surface area contributed by atoms with Crippen molar-refractivity contribution in [3.05, 3.63) is 29.8 Å². The highest BCUT2D eigenvalue weighted by Gasteiger charge is 2.30. The van der Waals surface area contributed by atoms with Gasteiger partial charge in [0.15, 0.2) is 0 Å². The molecule has 5 heteroatoms. The maximum Gasteiger partial charge on any atom is 0.257 e. The normalized spacial score (nSPS) is 19.3. The van der Waals surface area contributed by atoms with Crippen molar-refractivity contribution in [3.8, 4) is 0 Å². The number of hydrogen-bond donors (Lipinski definition) is 1. The second-order valence-corrected chi connectivity index (χ2v) is 4.70. The number of amides is 1. The lowest BCUT2D eigenvalue weighted by Gasteiger charge is -2.34. The number of nitrogens with two attached hydrogens (primary N) is 1. The fraction of sp³-hybridized carbons (Fsp3) is 0.500. The third kappa shape index (κ3) is 3.08. The van der Waals surface area contributed by atoms with Crippen molar-refractivity contribution in [1.82, 2.24) is 0 Å². The molecule has 0 spiro atoms. The van der Waals surface area contributed by atoms with Crippen LogP contribution in [-0.2, 0) is 9.53 Å². The Morgan fingerprint density at radius 3 is 2.84 bits per heavy atom. The molecule has 1 aliphatic heterocycles. The highest BCUT2D eigenvalue weighted by atomic mass is 35.5. The van der Waals surface area contributed by atoms with E-state index in [2.05, 4.69) is 13.0 Å². The van der Waals surface area contributed by atoms with Gasteiger partial charge in [-0.1, -0.05) is 25.1 Å². The number of rotatable bonds is 3. The number of methoxy groups -OCH3 is 1. The van der Waals surface area contributed by atoms with E-state index in [4.69, 9.17) is 10.5 Å². The van der Waals surface area contributed by atoms with E-state index in [1.54, 1.807) is 4.90 Å². The van der Waals surface area contributed by atoms with Crippen LogP contribution < -0.4 is 10.6 Å². The molecule has 0 bridgehead atoms. The van der Waals surface area contributed by atoms with Crippen LogP contribution in [0.15, 0.2) is 24.3 Å². The van der Waals surface area contributed by atoms with Gasteiger partial charge in [0.25, 0.3) is 5.91 Å². The van der Waals surface area contributed by atoms with E-state index in [1.807, 2.05) is 18.2 Å². The smallest absolute Gasteiger partial charge is 0.257 e. The van der Waals surface area contributed by atoms with E-state index < -0.39 is 6.10 Å². The monoisotopic (exact) mass is 284 g/mol. The largest absolute Gasteiger partial charge is 0.370 e. The number of halogens is 1. The fourth-order valence-electron chi connectivity index (χ4n) is 2.45. The van der Waals surface area contributed by atoms with Gasteiger partial charge in [-0.15, -0.1) is 12.4 Å². The van der Waals surface area contributed by atoms with Crippen molar-refractivity contribution in [2.24, 2.45) is 5.73 Å². The molecule has 19 heavy (non-hydrogen) atoms. The first-order valence-corrected chi connectivity index (χ1v) is 6.32. The molecule has 1 aromatic carbocycles. The zero-order valence-corrected chi connectivity index (χ0v) is 12.2. The fourth-order valence-corrected chi connectivity index (χ4v) is 2.45. The molecule has 0 saturated carbocycles. The number of benzene rings is 1. The number of carbonyl (C=O) groups is 1. The van der Waals surface area contributed by atoms with Crippen molar-refractivity contribution >= 4 is 24.0 Å². The van der Waals surface area contributed by atoms with Crippen LogP contribution in [0.2, 0.25) is 0 Å². The van der Waals surface area contributed by atoms with Crippen molar-refractivity contribution in [2.75, 3.05) is 25.1 Å². The lowest BCUT2D eigenvalue weighted by molar-refractivity contribution is -0.127. The molecule has 0 fully saturated rings. The minimum atomic E-state index is -0.550. The molecular weight excluding hydrogens is 264 g/mol. The topological polar surface area (TPSA) is 55.6 Å². The predicted molar refractivity (Wildman–Crippen MR) is 78.9 cm³/mol. The predicted octanol–water partition coefficient (Wildman–Crippen LogP) is 1.92. The zero-order valence-electron chi connectivity index (χ0n) is 11.3. The van der Waals surface area contributed by atoms with Crippen LogP contribution in [0.3, 0.4) is 0 Å². The minimum absolute atomic E-state index is 0. The molecule has 0 aromatic heterocycles. The Hall–Kier alpha value is -1.10. The molecule has 4 nitrogen and oxygen atoms in total. The zero-order chi connectivity index (χ0) is 13.1. The van der Waals surface area contributed by atoms with Gasteiger partial charge in [-0.3, -0.25) is 4.79 Å². The molecule has 0 saturated heterocycles. The van der Waals surface area contributed by atoms with Gasteiger partial charge in [0.05, 0.1) is 0 Å². The quantitative estimate of drug-likeness (QED) is 0.923. The molecule has 1 amide bonds. The van der Waals surface area contributed by atoms with Crippen LogP contribution >= 0.6 is 12.4 Å². The lowest BCUT2D eigenvalue weighted by atomic mass is 9.91. The summed E-state index contributed by atoms with van der Waals surface area (Å²) in [5.41, 5.74) is 7.79. The molecule has 2 unspecified atom stereocenters. The third-order valence-corrected chi connectivity index (χ3v) is 3.58. The molecular formula is C14H21ClN2O2. The van der Waals surface area contributed by atoms with Gasteiger partial charge in [0.2, 0.25) is 0 Å². The second-order valence-electron chi connectivity index (χ2n) is 4.70. The summed E-state index contributed by atoms with van der Waals surface area (Å²) in [7, 11) is 1.52. The van der Waals surface area contributed by atoms with Gasteiger partial charge in [-0.2, -0.15) is 0 Å². The lowest BCUT2D eigenvalue weighted by Crippen LogP contribution is -2.46. The summed E-state index contributed by atoms with van der Waals surface area (Å²) in [6, 6.07) is 8.05. The standard InChI is InChI=1S/C14H20N2O2.ClH/c1-10-7-8-16(14(17)13(9-15)18-2)12-6-4-3-5-11(10)12;/h3-6,10,13H,7-9,15H2,1-2H3;1H. The number of fused-ring (bicyclic) bond motifs is 1. The maximum absolute atomic E-state index is 12.4. The summed E-state index contributed by atoms with van der Waals surface area (Å²) < 4.78 is 5.14. The first-order chi connectivity index (χ1) is 8.69. The molecule has 0 aliphatic carbocycles. The van der Waals surface area contributed by atoms with E-state index in [9.17, 15) is 4.79 Å². The van der Waals surface area contributed by atoms with Gasteiger partial charge in [-0.05, 0) is 24.0 Å². The number of para-hydroxylation sites is 1. The first kappa shape index (κ1) is 16.0. The molecule has 2 N–H and O–H groups in total. The number of hydrogen-bond acceptors (Lipinski definition) is 3. The van der Waals surface area contributed by atoms with Gasteiger partial charge in [-0.25, -0.2) is 0 Å². The summed E-state index contributed by atoms with van der Waals surface area (Å²) in [5.74, 6) is 0.448. The molecule has 1 heterocycles. The molecule has 2 rings (SSSR count). The Kier molecular flexibility index (Phi) is 5.79. The third-order valence-electron chi connectivity index (χ3n) is 3.58. The van der Waals surface area contributed by atoms with Crippen molar-refractivity contribution in [2.45, 2.75) is 25.4 Å². The first-order valence-electron chi connectivity index (χ1n) is 6.32. The van der Waals surface area contributed by atoms with Crippen LogP contribution in [0, 0.1) is 0 Å². The Morgan fingerprint density at radius 2 is 2.21 bits per heavy atom. The summed E-state index contributed by atoms with van der Waals surface area (Å²) in [6.45, 7) is 3.14. The van der Waals surface area contributed by atoms with Gasteiger partial charge < -0.3 is 15.4 Å². The van der Waals surface area contributed by atoms with Crippen molar-refractivity contribution in [3.63, 3.8) is 0 Å². The molecule has 1 aromatic rings. The highest BCUT2D eigenvalue weighted by Crippen LogP contribution is 2.34. The van der Waals surface area contributed by atoms with E-state index in [1.165, 1.54) is 12.7 Å². The van der Waals surface area contributed by atoms with Gasteiger partial charge >= 0.3 is 0 Å². The number of anilines is 1. The van der Waals surface area contributed by atoms with Crippen LogP contribution in [0.1, 0.15) is 24.8 Å². The summed E-state index contributed by atoms with van der Waals surface area (Å²) in [5, 5.41) is 0. The summed E-state index contributed by atoms with van der Waals surface area (Å²) in [6.07, 6.45) is 0.426. The van der Waals surface area contributed by atoms with Gasteiger partial charge in [0.1, 0.15) is 6.10 Å². The van der Waals surface area contributed by atoms with E-state index in [-0.39, 0.29) is 24.9 Å². The molecule has 1 aliphatic rings. The van der Waals surface area contributed by atoms with Crippen molar-refractivity contribution < 1.29 is 9.53 Å². The van der Waals surface area contributed by atoms with Crippen LogP contribution in [-0.4, -0.2) is 32.2 Å². The van der Waals surface area contributed by atoms with E-state index in [0.717, 1.165) is 18.7 Å². The van der Waals surface area contributed by atoms with Gasteiger partial charge in [0, 0.05) is 25.9 Å². The molecule has 2 atom stereocenters. The SMILES string of the molecule is COC(CN)C(=O)N1CCC(C)c2ccccc21.Cl. The van der Waals surface area contributed by atoms with Crippen LogP contribution in [0.5, 0.6) is 0 Å². The average Bonchev–Trinajstić information content (AvgIpc) is 2.41. The summed E-state index contributed by atoms with van der Waals surface area (Å²) in [4.78, 5) is 14.2. The van der Waals surface area contributed by atoms with Crippen LogP contribution in [0.25, 0.3) is 0 Å². The average molecular weight is 285 g/mol. The maximum atomic E-state index is 12.4. The van der Waals surface area contributed by atoms with Crippen molar-refractivity contribution in [1.29, 1.82) is 0 Å². The molecule has 0 radical (unpaired) electrons. The Bertz CT molecular complexity index is 435. The van der Waals surface area contributed by atoms with E-state index in [0.29, 0.717) is 5.92 Å². The number of ether oxygens (including phenoxy) is 1. The Morgan fingerprint density at radius 1 is 1.53 bits per heavy atom. The minimum Gasteiger partial charge on any atom is -0.370 e. The highest BCUT2D eigenvalue weighted by molar-refractivity contribution is 5.97. The van der Waals surface area contributed by atoms with Crippen LogP contribution in [0.4, 0.5) is 5.69 Å². The van der Waals surface area contributed by atoms with E-state index >= 15 is 0 Å². The number of nitrogens with zero attached hydrogens (tertiary/aromatic N) is 1.